The van der Waals surface area contributed by atoms with Crippen LogP contribution in [0.3, 0.4) is 0 Å². The van der Waals surface area contributed by atoms with Crippen molar-refractivity contribution in [3.05, 3.63) is 0 Å². The van der Waals surface area contributed by atoms with Crippen LogP contribution in [0.15, 0.2) is 0 Å². The molecule has 0 aromatic carbocycles. The summed E-state index contributed by atoms with van der Waals surface area (Å²) in [6.45, 7) is 0.292. The first-order valence-electron chi connectivity index (χ1n) is 5.80. The third-order valence-corrected chi connectivity index (χ3v) is 3.96. The van der Waals surface area contributed by atoms with Crippen LogP contribution in [-0.4, -0.2) is 54.5 Å². The van der Waals surface area contributed by atoms with Crippen LogP contribution in [0.1, 0.15) is 25.7 Å². The Labute approximate surface area is 95.8 Å². The minimum absolute atomic E-state index is 0.292. The number of methoxy groups -OCH3 is 1. The highest BCUT2D eigenvalue weighted by Crippen LogP contribution is 2.39. The molecule has 2 unspecified atom stereocenters. The Kier molecular flexibility index (Phi) is 3.08. The zero-order valence-corrected chi connectivity index (χ0v) is 9.90. The molecular formula is C11H20N2O3. The predicted molar refractivity (Wildman–Crippen MR) is 59.2 cm³/mol. The summed E-state index contributed by atoms with van der Waals surface area (Å²) < 4.78 is 4.51. The van der Waals surface area contributed by atoms with E-state index in [2.05, 4.69) is 22.0 Å². The third kappa shape index (κ3) is 2.15. The Morgan fingerprint density at radius 2 is 2.06 bits per heavy atom. The van der Waals surface area contributed by atoms with Gasteiger partial charge in [0.15, 0.2) is 0 Å². The van der Waals surface area contributed by atoms with Crippen molar-refractivity contribution in [3.63, 3.8) is 0 Å². The van der Waals surface area contributed by atoms with E-state index in [-0.39, 0.29) is 0 Å². The van der Waals surface area contributed by atoms with Gasteiger partial charge in [0, 0.05) is 18.6 Å². The monoisotopic (exact) mass is 228 g/mol. The molecule has 5 heteroatoms. The first-order valence-corrected chi connectivity index (χ1v) is 5.80. The second-order valence-corrected chi connectivity index (χ2v) is 5.03. The number of hydrogen-bond donors (Lipinski definition) is 2. The normalized spacial score (nSPS) is 38.4. The molecule has 0 aromatic rings. The molecular weight excluding hydrogens is 208 g/mol. The van der Waals surface area contributed by atoms with Gasteiger partial charge < -0.3 is 20.1 Å². The number of amides is 1. The van der Waals surface area contributed by atoms with Gasteiger partial charge in [0.05, 0.1) is 12.7 Å². The molecule has 5 nitrogen and oxygen atoms in total. The molecule has 2 heterocycles. The average molecular weight is 228 g/mol. The van der Waals surface area contributed by atoms with E-state index in [0.717, 1.165) is 25.7 Å². The Bertz CT molecular complexity index is 268. The quantitative estimate of drug-likeness (QED) is 0.715. The molecule has 2 aliphatic rings. The van der Waals surface area contributed by atoms with Gasteiger partial charge in [0.2, 0.25) is 0 Å². The van der Waals surface area contributed by atoms with Crippen molar-refractivity contribution in [3.8, 4) is 0 Å². The second-order valence-electron chi connectivity index (χ2n) is 5.03. The minimum atomic E-state index is -0.757. The summed E-state index contributed by atoms with van der Waals surface area (Å²) in [5, 5.41) is 13.0. The number of hydrogen-bond acceptors (Lipinski definition) is 4. The molecule has 1 amide bonds. The molecule has 0 radical (unpaired) electrons. The van der Waals surface area contributed by atoms with Crippen LogP contribution in [0.2, 0.25) is 0 Å². The molecule has 0 aromatic heterocycles. The molecule has 2 fully saturated rings. The maximum Gasteiger partial charge on any atom is 0.406 e. The summed E-state index contributed by atoms with van der Waals surface area (Å²) in [5.41, 5.74) is -0.757. The zero-order chi connectivity index (χ0) is 11.8. The van der Waals surface area contributed by atoms with Crippen molar-refractivity contribution in [2.45, 2.75) is 43.4 Å². The van der Waals surface area contributed by atoms with Crippen LogP contribution in [0.5, 0.6) is 0 Å². The molecule has 2 rings (SSSR count). The fourth-order valence-electron chi connectivity index (χ4n) is 3.00. The van der Waals surface area contributed by atoms with Crippen molar-refractivity contribution in [2.75, 3.05) is 20.7 Å². The van der Waals surface area contributed by atoms with E-state index in [1.807, 2.05) is 0 Å². The first-order chi connectivity index (χ1) is 7.54. The Hall–Kier alpha value is -0.810. The molecule has 2 aliphatic heterocycles. The van der Waals surface area contributed by atoms with Crippen LogP contribution in [0.4, 0.5) is 4.79 Å². The molecule has 2 bridgehead atoms. The van der Waals surface area contributed by atoms with E-state index in [4.69, 9.17) is 0 Å². The van der Waals surface area contributed by atoms with Gasteiger partial charge in [-0.05, 0) is 32.7 Å². The molecule has 2 saturated heterocycles. The number of aliphatic hydroxyl groups is 1. The minimum Gasteiger partial charge on any atom is -0.453 e. The number of fused-ring (bicyclic) bond motifs is 2. The summed E-state index contributed by atoms with van der Waals surface area (Å²) in [6.07, 6.45) is 3.32. The number of rotatable bonds is 2. The summed E-state index contributed by atoms with van der Waals surface area (Å²) in [6, 6.07) is 0.923. The topological polar surface area (TPSA) is 61.8 Å². The van der Waals surface area contributed by atoms with Gasteiger partial charge in [-0.1, -0.05) is 0 Å². The van der Waals surface area contributed by atoms with E-state index >= 15 is 0 Å². The van der Waals surface area contributed by atoms with Gasteiger partial charge in [0.25, 0.3) is 0 Å². The van der Waals surface area contributed by atoms with E-state index in [1.54, 1.807) is 0 Å². The average Bonchev–Trinajstić information content (AvgIpc) is 2.51. The Morgan fingerprint density at radius 3 is 2.56 bits per heavy atom. The number of carbonyl (C=O) groups is 1. The van der Waals surface area contributed by atoms with Crippen LogP contribution in [0.25, 0.3) is 0 Å². The van der Waals surface area contributed by atoms with Crippen molar-refractivity contribution in [2.24, 2.45) is 0 Å². The molecule has 0 saturated carbocycles. The second kappa shape index (κ2) is 4.22. The highest BCUT2D eigenvalue weighted by Gasteiger charge is 2.45. The molecule has 92 valence electrons. The van der Waals surface area contributed by atoms with Crippen LogP contribution in [0, 0.1) is 0 Å². The highest BCUT2D eigenvalue weighted by molar-refractivity contribution is 5.66. The lowest BCUT2D eigenvalue weighted by atomic mass is 9.86. The smallest absolute Gasteiger partial charge is 0.406 e. The van der Waals surface area contributed by atoms with Gasteiger partial charge in [-0.25, -0.2) is 4.79 Å². The van der Waals surface area contributed by atoms with E-state index < -0.39 is 11.7 Å². The van der Waals surface area contributed by atoms with Crippen molar-refractivity contribution < 1.29 is 14.6 Å². The van der Waals surface area contributed by atoms with Gasteiger partial charge in [-0.15, -0.1) is 0 Å². The van der Waals surface area contributed by atoms with Crippen molar-refractivity contribution >= 4 is 6.09 Å². The van der Waals surface area contributed by atoms with Gasteiger partial charge in [-0.3, -0.25) is 0 Å². The van der Waals surface area contributed by atoms with Crippen LogP contribution in [-0.2, 0) is 4.74 Å². The summed E-state index contributed by atoms with van der Waals surface area (Å²) in [4.78, 5) is 13.3. The summed E-state index contributed by atoms with van der Waals surface area (Å²) >= 11 is 0. The number of nitrogens with one attached hydrogen (secondary N) is 1. The lowest BCUT2D eigenvalue weighted by Gasteiger charge is -2.42. The Balaban J connectivity index is 1.92. The fraction of sp³-hybridized carbons (Fsp3) is 0.909. The van der Waals surface area contributed by atoms with Crippen molar-refractivity contribution in [1.82, 2.24) is 10.2 Å². The summed E-state index contributed by atoms with van der Waals surface area (Å²) in [5.74, 6) is 0. The van der Waals surface area contributed by atoms with Crippen LogP contribution >= 0.6 is 0 Å². The molecule has 2 N–H and O–H groups in total. The SMILES string of the molecule is COC(=O)NCC1(O)CC2CC[C@H](C1)N2C. The van der Waals surface area contributed by atoms with E-state index in [9.17, 15) is 9.90 Å². The fourth-order valence-corrected chi connectivity index (χ4v) is 3.00. The molecule has 16 heavy (non-hydrogen) atoms. The molecule has 0 aliphatic carbocycles. The number of nitrogens with zero attached hydrogens (tertiary/aromatic N) is 1. The number of ether oxygens (including phenoxy) is 1. The molecule has 0 spiro atoms. The maximum absolute atomic E-state index is 11.0. The van der Waals surface area contributed by atoms with Crippen LogP contribution < -0.4 is 5.32 Å². The lowest BCUT2D eigenvalue weighted by Crippen LogP contribution is -2.54. The van der Waals surface area contributed by atoms with E-state index in [0.29, 0.717) is 18.6 Å². The van der Waals surface area contributed by atoms with Gasteiger partial charge in [0.1, 0.15) is 0 Å². The lowest BCUT2D eigenvalue weighted by molar-refractivity contribution is -0.0421. The first kappa shape index (κ1) is 11.7. The largest absolute Gasteiger partial charge is 0.453 e. The van der Waals surface area contributed by atoms with E-state index in [1.165, 1.54) is 7.11 Å². The number of alkyl carbamates (subject to hydrolysis) is 1. The number of piperidine rings is 1. The van der Waals surface area contributed by atoms with Crippen molar-refractivity contribution in [1.29, 1.82) is 0 Å². The van der Waals surface area contributed by atoms with Gasteiger partial charge >= 0.3 is 6.09 Å². The highest BCUT2D eigenvalue weighted by atomic mass is 16.5. The predicted octanol–water partition coefficient (Wildman–Crippen LogP) is 0.330. The third-order valence-electron chi connectivity index (χ3n) is 3.96. The number of carbonyl (C=O) groups excluding carboxylic acids is 1. The Morgan fingerprint density at radius 1 is 1.50 bits per heavy atom. The summed E-state index contributed by atoms with van der Waals surface area (Å²) in [7, 11) is 3.45. The zero-order valence-electron chi connectivity index (χ0n) is 9.90. The maximum atomic E-state index is 11.0. The van der Waals surface area contributed by atoms with Gasteiger partial charge in [-0.2, -0.15) is 0 Å². The standard InChI is InChI=1S/C11H20N2O3/c1-13-8-3-4-9(13)6-11(15,5-8)7-12-10(14)16-2/h8-9,15H,3-7H2,1-2H3,(H,12,14)/t8-,9?,11?/m1/s1. The molecule has 3 atom stereocenters.